The number of aromatic nitrogens is 2. The van der Waals surface area contributed by atoms with Gasteiger partial charge in [0.2, 0.25) is 0 Å². The van der Waals surface area contributed by atoms with Gasteiger partial charge in [-0.25, -0.2) is 4.98 Å². The average molecular weight is 348 g/mol. The van der Waals surface area contributed by atoms with E-state index >= 15 is 0 Å². The molecule has 2 amide bonds. The molecule has 2 heterocycles. The van der Waals surface area contributed by atoms with Gasteiger partial charge in [-0.05, 0) is 52.9 Å². The molecule has 0 fully saturated rings. The molecular weight excluding hydrogens is 316 g/mol. The van der Waals surface area contributed by atoms with Crippen molar-refractivity contribution >= 4 is 11.8 Å². The van der Waals surface area contributed by atoms with Crippen molar-refractivity contribution in [2.45, 2.75) is 78.8 Å². The highest BCUT2D eigenvalue weighted by Gasteiger charge is 2.30. The first-order chi connectivity index (χ1) is 11.8. The predicted molar refractivity (Wildman–Crippen MR) is 98.9 cm³/mol. The molecule has 0 radical (unpaired) electrons. The third-order valence-corrected chi connectivity index (χ3v) is 4.29. The van der Waals surface area contributed by atoms with Crippen LogP contribution in [0, 0.1) is 0 Å². The molecule has 1 N–H and O–H groups in total. The average Bonchev–Trinajstić information content (AvgIpc) is 2.92. The first-order valence-electron chi connectivity index (χ1n) is 9.49. The number of imidazole rings is 1. The Balaban J connectivity index is 2.39. The van der Waals surface area contributed by atoms with E-state index in [0.717, 1.165) is 57.4 Å². The highest BCUT2D eigenvalue weighted by Crippen LogP contribution is 2.23. The van der Waals surface area contributed by atoms with Crippen molar-refractivity contribution in [1.82, 2.24) is 19.8 Å². The normalized spacial score (nSPS) is 14.1. The topological polar surface area (TPSA) is 67.2 Å². The van der Waals surface area contributed by atoms with Crippen LogP contribution in [0.3, 0.4) is 0 Å². The van der Waals surface area contributed by atoms with Gasteiger partial charge in [0.1, 0.15) is 5.69 Å². The zero-order valence-electron chi connectivity index (χ0n) is 16.3. The molecule has 25 heavy (non-hydrogen) atoms. The summed E-state index contributed by atoms with van der Waals surface area (Å²) >= 11 is 0. The maximum absolute atomic E-state index is 13.0. The van der Waals surface area contributed by atoms with E-state index in [4.69, 9.17) is 0 Å². The van der Waals surface area contributed by atoms with Crippen molar-refractivity contribution in [1.29, 1.82) is 0 Å². The van der Waals surface area contributed by atoms with Crippen LogP contribution in [0.25, 0.3) is 0 Å². The molecular formula is C19H32N4O2. The Labute approximate surface area is 151 Å². The minimum Gasteiger partial charge on any atom is -0.345 e. The SMILES string of the molecule is CCCN(CCC)C(=O)c1nc(C(=O)NC(C)(C)C)n2c1CCCC2. The predicted octanol–water partition coefficient (Wildman–Crippen LogP) is 3.01. The standard InChI is InChI=1S/C19H32N4O2/c1-6-11-22(12-7-2)18(25)15-14-10-8-9-13-23(14)16(20-15)17(24)21-19(3,4)5/h6-13H2,1-5H3,(H,21,24). The first-order valence-corrected chi connectivity index (χ1v) is 9.49. The Morgan fingerprint density at radius 2 is 1.80 bits per heavy atom. The summed E-state index contributed by atoms with van der Waals surface area (Å²) in [6, 6.07) is 0. The van der Waals surface area contributed by atoms with E-state index in [1.165, 1.54) is 0 Å². The van der Waals surface area contributed by atoms with Crippen molar-refractivity contribution < 1.29 is 9.59 Å². The molecule has 140 valence electrons. The fraction of sp³-hybridized carbons (Fsp3) is 0.737. The van der Waals surface area contributed by atoms with Crippen molar-refractivity contribution in [2.24, 2.45) is 0 Å². The Bertz CT molecular complexity index is 622. The van der Waals surface area contributed by atoms with Gasteiger partial charge in [-0.1, -0.05) is 13.8 Å². The summed E-state index contributed by atoms with van der Waals surface area (Å²) in [6.45, 7) is 12.2. The summed E-state index contributed by atoms with van der Waals surface area (Å²) in [5.74, 6) is 0.136. The van der Waals surface area contributed by atoms with Gasteiger partial charge >= 0.3 is 0 Å². The molecule has 6 heteroatoms. The zero-order valence-corrected chi connectivity index (χ0v) is 16.3. The Kier molecular flexibility index (Phi) is 6.25. The van der Waals surface area contributed by atoms with Gasteiger partial charge < -0.3 is 14.8 Å². The lowest BCUT2D eigenvalue weighted by Crippen LogP contribution is -2.42. The van der Waals surface area contributed by atoms with Crippen LogP contribution in [0.15, 0.2) is 0 Å². The molecule has 1 aromatic rings. The van der Waals surface area contributed by atoms with Crippen LogP contribution >= 0.6 is 0 Å². The third-order valence-electron chi connectivity index (χ3n) is 4.29. The smallest absolute Gasteiger partial charge is 0.287 e. The molecule has 0 saturated carbocycles. The van der Waals surface area contributed by atoms with Gasteiger partial charge in [-0.15, -0.1) is 0 Å². The third kappa shape index (κ3) is 4.61. The number of carbonyl (C=O) groups excluding carboxylic acids is 2. The van der Waals surface area contributed by atoms with Gasteiger partial charge in [0.15, 0.2) is 5.82 Å². The van der Waals surface area contributed by atoms with E-state index in [9.17, 15) is 9.59 Å². The summed E-state index contributed by atoms with van der Waals surface area (Å²) in [7, 11) is 0. The number of rotatable bonds is 6. The van der Waals surface area contributed by atoms with Crippen molar-refractivity contribution in [3.05, 3.63) is 17.2 Å². The van der Waals surface area contributed by atoms with Crippen LogP contribution in [-0.4, -0.2) is 44.9 Å². The Morgan fingerprint density at radius 1 is 1.16 bits per heavy atom. The lowest BCUT2D eigenvalue weighted by Gasteiger charge is -2.23. The minimum absolute atomic E-state index is 0.0378. The fourth-order valence-electron chi connectivity index (χ4n) is 3.29. The van der Waals surface area contributed by atoms with Crippen molar-refractivity contribution in [2.75, 3.05) is 13.1 Å². The summed E-state index contributed by atoms with van der Waals surface area (Å²) in [4.78, 5) is 32.1. The lowest BCUT2D eigenvalue weighted by molar-refractivity contribution is 0.0748. The highest BCUT2D eigenvalue weighted by atomic mass is 16.2. The van der Waals surface area contributed by atoms with Crippen LogP contribution < -0.4 is 5.32 Å². The monoisotopic (exact) mass is 348 g/mol. The molecule has 1 aromatic heterocycles. The summed E-state index contributed by atoms with van der Waals surface area (Å²) in [6.07, 6.45) is 4.69. The van der Waals surface area contributed by atoms with Gasteiger partial charge in [0, 0.05) is 25.2 Å². The van der Waals surface area contributed by atoms with E-state index in [2.05, 4.69) is 24.1 Å². The summed E-state index contributed by atoms with van der Waals surface area (Å²) < 4.78 is 1.95. The summed E-state index contributed by atoms with van der Waals surface area (Å²) in [5.41, 5.74) is 1.06. The molecule has 1 aliphatic rings. The molecule has 2 rings (SSSR count). The largest absolute Gasteiger partial charge is 0.345 e. The Hall–Kier alpha value is -1.85. The lowest BCUT2D eigenvalue weighted by atomic mass is 10.1. The number of hydrogen-bond acceptors (Lipinski definition) is 3. The van der Waals surface area contributed by atoms with E-state index in [1.54, 1.807) is 0 Å². The second kappa shape index (κ2) is 8.02. The number of amides is 2. The quantitative estimate of drug-likeness (QED) is 0.859. The fourth-order valence-corrected chi connectivity index (χ4v) is 3.29. The van der Waals surface area contributed by atoms with E-state index in [0.29, 0.717) is 11.5 Å². The number of fused-ring (bicyclic) bond motifs is 1. The van der Waals surface area contributed by atoms with E-state index in [-0.39, 0.29) is 17.4 Å². The molecule has 0 saturated heterocycles. The molecule has 1 aliphatic heterocycles. The summed E-state index contributed by atoms with van der Waals surface area (Å²) in [5, 5.41) is 2.97. The number of nitrogens with zero attached hydrogens (tertiary/aromatic N) is 3. The van der Waals surface area contributed by atoms with Gasteiger partial charge in [-0.3, -0.25) is 9.59 Å². The van der Waals surface area contributed by atoms with Gasteiger partial charge in [0.05, 0.1) is 5.69 Å². The maximum atomic E-state index is 13.0. The van der Waals surface area contributed by atoms with Gasteiger partial charge in [-0.2, -0.15) is 0 Å². The maximum Gasteiger partial charge on any atom is 0.287 e. The Morgan fingerprint density at radius 3 is 2.36 bits per heavy atom. The van der Waals surface area contributed by atoms with Crippen LogP contribution in [0.1, 0.15) is 87.1 Å². The molecule has 0 unspecified atom stereocenters. The highest BCUT2D eigenvalue weighted by molar-refractivity contribution is 5.97. The molecule has 0 bridgehead atoms. The minimum atomic E-state index is -0.335. The molecule has 6 nitrogen and oxygen atoms in total. The molecule has 0 atom stereocenters. The molecule has 0 aliphatic carbocycles. The van der Waals surface area contributed by atoms with E-state index in [1.807, 2.05) is 30.2 Å². The van der Waals surface area contributed by atoms with Crippen LogP contribution in [-0.2, 0) is 13.0 Å². The molecule has 0 aromatic carbocycles. The second-order valence-corrected chi connectivity index (χ2v) is 7.84. The number of hydrogen-bond donors (Lipinski definition) is 1. The van der Waals surface area contributed by atoms with Crippen LogP contribution in [0.2, 0.25) is 0 Å². The number of carbonyl (C=O) groups is 2. The van der Waals surface area contributed by atoms with Crippen molar-refractivity contribution in [3.8, 4) is 0 Å². The van der Waals surface area contributed by atoms with E-state index < -0.39 is 0 Å². The number of nitrogens with one attached hydrogen (secondary N) is 1. The van der Waals surface area contributed by atoms with Crippen LogP contribution in [0.5, 0.6) is 0 Å². The first kappa shape index (κ1) is 19.5. The van der Waals surface area contributed by atoms with Crippen molar-refractivity contribution in [3.63, 3.8) is 0 Å². The zero-order chi connectivity index (χ0) is 18.6. The van der Waals surface area contributed by atoms with Gasteiger partial charge in [0.25, 0.3) is 11.8 Å². The van der Waals surface area contributed by atoms with Crippen LogP contribution in [0.4, 0.5) is 0 Å². The second-order valence-electron chi connectivity index (χ2n) is 7.84. The molecule has 0 spiro atoms.